The lowest BCUT2D eigenvalue weighted by Crippen LogP contribution is -2.59. The fourth-order valence-corrected chi connectivity index (χ4v) is 3.42. The molecule has 2 aromatic rings. The van der Waals surface area contributed by atoms with Gasteiger partial charge in [0.25, 0.3) is 0 Å². The molecule has 3 rings (SSSR count). The number of aryl methyl sites for hydroxylation is 1. The number of rotatable bonds is 6. The highest BCUT2D eigenvalue weighted by Crippen LogP contribution is 2.34. The zero-order valence-electron chi connectivity index (χ0n) is 17.1. The van der Waals surface area contributed by atoms with Crippen molar-refractivity contribution in [3.05, 3.63) is 45.3 Å². The highest BCUT2D eigenvalue weighted by Gasteiger charge is 2.43. The van der Waals surface area contributed by atoms with E-state index in [1.54, 1.807) is 19.9 Å². The average molecular weight is 438 g/mol. The molecule has 6 N–H and O–H groups in total. The second-order valence-electron chi connectivity index (χ2n) is 7.58. The van der Waals surface area contributed by atoms with Crippen LogP contribution in [0.2, 0.25) is 0 Å². The number of ether oxygens (including phenoxy) is 2. The minimum absolute atomic E-state index is 0.0254. The van der Waals surface area contributed by atoms with E-state index in [4.69, 9.17) is 13.9 Å². The fourth-order valence-electron chi connectivity index (χ4n) is 3.42. The largest absolute Gasteiger partial charge is 0.507 e. The van der Waals surface area contributed by atoms with Crippen molar-refractivity contribution >= 4 is 11.0 Å². The van der Waals surface area contributed by atoms with Crippen LogP contribution < -0.4 is 5.43 Å². The number of allylic oxidation sites excluding steroid dienone is 1. The molecule has 1 fully saturated rings. The van der Waals surface area contributed by atoms with Crippen LogP contribution in [0, 0.1) is 6.92 Å². The first kappa shape index (κ1) is 23.2. The molecule has 1 aliphatic rings. The molecule has 1 saturated heterocycles. The molecule has 1 aromatic carbocycles. The van der Waals surface area contributed by atoms with Crippen molar-refractivity contribution in [2.75, 3.05) is 13.2 Å². The second-order valence-corrected chi connectivity index (χ2v) is 7.58. The Labute approximate surface area is 177 Å². The number of aliphatic hydroxyl groups excluding tert-OH is 4. The Kier molecular flexibility index (Phi) is 6.99. The number of aromatic hydroxyl groups is 2. The van der Waals surface area contributed by atoms with Gasteiger partial charge in [-0.3, -0.25) is 4.79 Å². The molecule has 0 unspecified atom stereocenters. The van der Waals surface area contributed by atoms with Crippen molar-refractivity contribution in [1.29, 1.82) is 0 Å². The van der Waals surface area contributed by atoms with Gasteiger partial charge >= 0.3 is 0 Å². The van der Waals surface area contributed by atoms with Crippen LogP contribution in [0.25, 0.3) is 11.0 Å². The molecule has 10 nitrogen and oxygen atoms in total. The highest BCUT2D eigenvalue weighted by molar-refractivity contribution is 5.88. The summed E-state index contributed by atoms with van der Waals surface area (Å²) in [5.74, 6) is -0.287. The van der Waals surface area contributed by atoms with Crippen LogP contribution in [-0.2, 0) is 15.9 Å². The molecule has 0 amide bonds. The monoisotopic (exact) mass is 438 g/mol. The molecular formula is C21H26O10. The molecular weight excluding hydrogens is 412 g/mol. The van der Waals surface area contributed by atoms with E-state index in [2.05, 4.69) is 0 Å². The van der Waals surface area contributed by atoms with Crippen molar-refractivity contribution in [2.24, 2.45) is 0 Å². The standard InChI is InChI=1S/C21H26O10/c1-9(8-29-21-19(28)18(27)17(26)15(7-22)31-21)3-4-11-12(23)6-14(25)16-13(24)5-10(2)30-20(11)16/h3,5-6,15,17-19,21-23,25-28H,4,7-8H2,1-2H3/b9-3+/t15-,17-,18+,19-,21-/m1/s1. The molecule has 0 aliphatic carbocycles. The first-order valence-electron chi connectivity index (χ1n) is 9.70. The quantitative estimate of drug-likeness (QED) is 0.333. The van der Waals surface area contributed by atoms with Gasteiger partial charge in [0.15, 0.2) is 11.7 Å². The fraction of sp³-hybridized carbons (Fsp3) is 0.476. The number of hydrogen-bond acceptors (Lipinski definition) is 10. The van der Waals surface area contributed by atoms with Gasteiger partial charge in [-0.05, 0) is 20.3 Å². The lowest BCUT2D eigenvalue weighted by atomic mass is 9.99. The summed E-state index contributed by atoms with van der Waals surface area (Å²) in [5.41, 5.74) is 0.624. The van der Waals surface area contributed by atoms with E-state index < -0.39 is 42.7 Å². The molecule has 31 heavy (non-hydrogen) atoms. The van der Waals surface area contributed by atoms with Crippen LogP contribution in [0.5, 0.6) is 11.5 Å². The summed E-state index contributed by atoms with van der Waals surface area (Å²) in [7, 11) is 0. The smallest absolute Gasteiger partial charge is 0.196 e. The van der Waals surface area contributed by atoms with E-state index in [1.807, 2.05) is 0 Å². The number of fused-ring (bicyclic) bond motifs is 1. The minimum Gasteiger partial charge on any atom is -0.507 e. The third-order valence-corrected chi connectivity index (χ3v) is 5.16. The number of benzene rings is 1. The molecule has 5 atom stereocenters. The number of phenolic OH excluding ortho intramolecular Hbond substituents is 2. The van der Waals surface area contributed by atoms with Gasteiger partial charge in [0.1, 0.15) is 52.6 Å². The van der Waals surface area contributed by atoms with Gasteiger partial charge in [0, 0.05) is 17.7 Å². The van der Waals surface area contributed by atoms with E-state index in [0.29, 0.717) is 16.9 Å². The molecule has 170 valence electrons. The molecule has 1 aliphatic heterocycles. The molecule has 2 heterocycles. The molecule has 0 bridgehead atoms. The van der Waals surface area contributed by atoms with Gasteiger partial charge in [0.05, 0.1) is 13.2 Å². The van der Waals surface area contributed by atoms with Crippen LogP contribution in [-0.4, -0.2) is 74.6 Å². The van der Waals surface area contributed by atoms with E-state index in [1.165, 1.54) is 6.07 Å². The lowest BCUT2D eigenvalue weighted by molar-refractivity contribution is -0.299. The van der Waals surface area contributed by atoms with Gasteiger partial charge in [-0.15, -0.1) is 0 Å². The summed E-state index contributed by atoms with van der Waals surface area (Å²) >= 11 is 0. The third kappa shape index (κ3) is 4.74. The normalized spacial score (nSPS) is 27.0. The van der Waals surface area contributed by atoms with Crippen LogP contribution >= 0.6 is 0 Å². The highest BCUT2D eigenvalue weighted by atomic mass is 16.7. The topological polar surface area (TPSA) is 170 Å². The molecule has 0 radical (unpaired) electrons. The van der Waals surface area contributed by atoms with Gasteiger partial charge in [0.2, 0.25) is 0 Å². The number of hydrogen-bond donors (Lipinski definition) is 6. The summed E-state index contributed by atoms with van der Waals surface area (Å²) in [6.07, 6.45) is -5.00. The Morgan fingerprint density at radius 3 is 2.52 bits per heavy atom. The maximum Gasteiger partial charge on any atom is 0.196 e. The average Bonchev–Trinajstić information content (AvgIpc) is 2.70. The Hall–Kier alpha value is -2.47. The zero-order chi connectivity index (χ0) is 22.9. The van der Waals surface area contributed by atoms with E-state index in [9.17, 15) is 35.4 Å². The van der Waals surface area contributed by atoms with Gasteiger partial charge in [-0.2, -0.15) is 0 Å². The van der Waals surface area contributed by atoms with Crippen molar-refractivity contribution in [1.82, 2.24) is 0 Å². The van der Waals surface area contributed by atoms with Crippen LogP contribution in [0.4, 0.5) is 0 Å². The Morgan fingerprint density at radius 2 is 1.84 bits per heavy atom. The van der Waals surface area contributed by atoms with Crippen LogP contribution in [0.1, 0.15) is 18.2 Å². The van der Waals surface area contributed by atoms with E-state index >= 15 is 0 Å². The maximum absolute atomic E-state index is 12.2. The molecule has 10 heteroatoms. The Morgan fingerprint density at radius 1 is 1.13 bits per heavy atom. The summed E-state index contributed by atoms with van der Waals surface area (Å²) < 4.78 is 16.3. The van der Waals surface area contributed by atoms with Crippen molar-refractivity contribution in [3.8, 4) is 11.5 Å². The molecule has 0 spiro atoms. The summed E-state index contributed by atoms with van der Waals surface area (Å²) in [6.45, 7) is 2.71. The van der Waals surface area contributed by atoms with E-state index in [0.717, 1.165) is 6.07 Å². The van der Waals surface area contributed by atoms with E-state index in [-0.39, 0.29) is 35.5 Å². The maximum atomic E-state index is 12.2. The number of phenols is 2. The first-order chi connectivity index (χ1) is 14.6. The lowest BCUT2D eigenvalue weighted by Gasteiger charge is -2.39. The molecule has 0 saturated carbocycles. The SMILES string of the molecule is C/C(=C\Cc1c(O)cc(O)c2c(=O)cc(C)oc12)CO[C@@H]1O[C@H](CO)[C@@H](O)[C@H](O)[C@H]1O. The predicted molar refractivity (Wildman–Crippen MR) is 108 cm³/mol. The van der Waals surface area contributed by atoms with Crippen molar-refractivity contribution in [3.63, 3.8) is 0 Å². The third-order valence-electron chi connectivity index (χ3n) is 5.16. The zero-order valence-corrected chi connectivity index (χ0v) is 17.1. The summed E-state index contributed by atoms with van der Waals surface area (Å²) in [4.78, 5) is 12.2. The van der Waals surface area contributed by atoms with Crippen molar-refractivity contribution in [2.45, 2.75) is 51.0 Å². The van der Waals surface area contributed by atoms with Crippen LogP contribution in [0.15, 0.2) is 33.0 Å². The van der Waals surface area contributed by atoms with Gasteiger partial charge < -0.3 is 44.5 Å². The van der Waals surface area contributed by atoms with Gasteiger partial charge in [-0.25, -0.2) is 0 Å². The first-order valence-corrected chi connectivity index (χ1v) is 9.70. The van der Waals surface area contributed by atoms with Crippen LogP contribution in [0.3, 0.4) is 0 Å². The molecule has 1 aromatic heterocycles. The summed E-state index contributed by atoms with van der Waals surface area (Å²) in [5, 5.41) is 59.1. The van der Waals surface area contributed by atoms with Gasteiger partial charge in [-0.1, -0.05) is 11.6 Å². The minimum atomic E-state index is -1.54. The Balaban J connectivity index is 1.76. The second kappa shape index (κ2) is 9.35. The Bertz CT molecular complexity index is 1020. The van der Waals surface area contributed by atoms with Crippen molar-refractivity contribution < 1.29 is 44.5 Å². The predicted octanol–water partition coefficient (Wildman–Crippen LogP) is -0.182. The summed E-state index contributed by atoms with van der Waals surface area (Å²) in [6, 6.07) is 2.33. The number of aliphatic hydroxyl groups is 4.